The number of nitrogens with zero attached hydrogens (tertiary/aromatic N) is 2. The first-order valence-electron chi connectivity index (χ1n) is 6.99. The first kappa shape index (κ1) is 15.2. The number of ether oxygens (including phenoxy) is 1. The molecule has 0 radical (unpaired) electrons. The van der Waals surface area contributed by atoms with E-state index in [0.717, 1.165) is 32.4 Å². The van der Waals surface area contributed by atoms with Crippen LogP contribution in [0, 0.1) is 0 Å². The van der Waals surface area contributed by atoms with Crippen LogP contribution in [0.1, 0.15) is 51.6 Å². The van der Waals surface area contributed by atoms with Crippen molar-refractivity contribution in [3.05, 3.63) is 18.0 Å². The van der Waals surface area contributed by atoms with Gasteiger partial charge in [-0.3, -0.25) is 4.68 Å². The molecule has 1 rings (SSSR count). The third-order valence-electron chi connectivity index (χ3n) is 3.22. The summed E-state index contributed by atoms with van der Waals surface area (Å²) in [5.74, 6) is 0. The lowest BCUT2D eigenvalue weighted by atomic mass is 10.0. The lowest BCUT2D eigenvalue weighted by molar-refractivity contribution is 0.106. The molecule has 1 aromatic heterocycles. The molecule has 0 bridgehead atoms. The second-order valence-electron chi connectivity index (χ2n) is 4.77. The fourth-order valence-electron chi connectivity index (χ4n) is 2.06. The number of aromatic nitrogens is 2. The van der Waals surface area contributed by atoms with Gasteiger partial charge < -0.3 is 10.1 Å². The third-order valence-corrected chi connectivity index (χ3v) is 3.22. The molecule has 0 saturated heterocycles. The Kier molecular flexibility index (Phi) is 6.98. The van der Waals surface area contributed by atoms with Crippen LogP contribution in [0.4, 0.5) is 0 Å². The Labute approximate surface area is 111 Å². The minimum Gasteiger partial charge on any atom is -0.382 e. The number of hydrogen-bond acceptors (Lipinski definition) is 3. The molecule has 2 atom stereocenters. The predicted molar refractivity (Wildman–Crippen MR) is 74.6 cm³/mol. The molecule has 0 aliphatic carbocycles. The molecule has 18 heavy (non-hydrogen) atoms. The first-order chi connectivity index (χ1) is 8.71. The maximum absolute atomic E-state index is 5.31. The summed E-state index contributed by atoms with van der Waals surface area (Å²) in [4.78, 5) is 0. The van der Waals surface area contributed by atoms with E-state index < -0.39 is 0 Å². The second-order valence-corrected chi connectivity index (χ2v) is 4.77. The van der Waals surface area contributed by atoms with Crippen molar-refractivity contribution >= 4 is 0 Å². The van der Waals surface area contributed by atoms with Gasteiger partial charge in [0.05, 0.1) is 12.3 Å². The van der Waals surface area contributed by atoms with Crippen LogP contribution in [0.3, 0.4) is 0 Å². The van der Waals surface area contributed by atoms with Crippen LogP contribution in [0.15, 0.2) is 12.4 Å². The number of nitrogens with one attached hydrogen (secondary N) is 1. The molecular weight excluding hydrogens is 226 g/mol. The average molecular weight is 253 g/mol. The van der Waals surface area contributed by atoms with Gasteiger partial charge in [-0.15, -0.1) is 0 Å². The van der Waals surface area contributed by atoms with Crippen molar-refractivity contribution in [3.8, 4) is 0 Å². The van der Waals surface area contributed by atoms with E-state index in [1.165, 1.54) is 5.56 Å². The van der Waals surface area contributed by atoms with Crippen LogP contribution < -0.4 is 5.32 Å². The maximum atomic E-state index is 5.31. The maximum Gasteiger partial charge on any atom is 0.0543 e. The summed E-state index contributed by atoms with van der Waals surface area (Å²) in [6, 6.07) is 0.387. The van der Waals surface area contributed by atoms with Gasteiger partial charge in [0.1, 0.15) is 0 Å². The first-order valence-corrected chi connectivity index (χ1v) is 6.99. The number of aryl methyl sites for hydroxylation is 1. The molecule has 104 valence electrons. The highest BCUT2D eigenvalue weighted by Gasteiger charge is 2.13. The van der Waals surface area contributed by atoms with Crippen molar-refractivity contribution in [3.63, 3.8) is 0 Å². The van der Waals surface area contributed by atoms with E-state index in [9.17, 15) is 0 Å². The number of rotatable bonds is 9. The van der Waals surface area contributed by atoms with Gasteiger partial charge in [0.15, 0.2) is 0 Å². The highest BCUT2D eigenvalue weighted by Crippen LogP contribution is 2.19. The number of methoxy groups -OCH3 is 1. The molecule has 2 unspecified atom stereocenters. The van der Waals surface area contributed by atoms with E-state index in [1.54, 1.807) is 7.11 Å². The molecule has 4 nitrogen and oxygen atoms in total. The fourth-order valence-corrected chi connectivity index (χ4v) is 2.06. The van der Waals surface area contributed by atoms with E-state index in [1.807, 2.05) is 10.9 Å². The van der Waals surface area contributed by atoms with Crippen molar-refractivity contribution in [1.82, 2.24) is 15.1 Å². The highest BCUT2D eigenvalue weighted by atomic mass is 16.5. The zero-order valence-electron chi connectivity index (χ0n) is 12.1. The molecule has 1 N–H and O–H groups in total. The highest BCUT2D eigenvalue weighted by molar-refractivity contribution is 5.10. The molecule has 0 aliphatic heterocycles. The second kappa shape index (κ2) is 8.27. The molecule has 1 aromatic rings. The van der Waals surface area contributed by atoms with Gasteiger partial charge in [0, 0.05) is 31.5 Å². The summed E-state index contributed by atoms with van der Waals surface area (Å²) >= 11 is 0. The monoisotopic (exact) mass is 253 g/mol. The van der Waals surface area contributed by atoms with Gasteiger partial charge in [-0.25, -0.2) is 0 Å². The van der Waals surface area contributed by atoms with Crippen LogP contribution >= 0.6 is 0 Å². The van der Waals surface area contributed by atoms with Gasteiger partial charge in [-0.05, 0) is 32.7 Å². The fraction of sp³-hybridized carbons (Fsp3) is 0.786. The summed E-state index contributed by atoms with van der Waals surface area (Å²) in [5.41, 5.74) is 1.29. The SMILES string of the molecule is CCCn1cc(C(CCC(C)OC)NCC)cn1. The molecular formula is C14H27N3O. The van der Waals surface area contributed by atoms with Gasteiger partial charge in [0.2, 0.25) is 0 Å². The molecule has 1 heterocycles. The van der Waals surface area contributed by atoms with Gasteiger partial charge >= 0.3 is 0 Å². The zero-order valence-corrected chi connectivity index (χ0v) is 12.1. The van der Waals surface area contributed by atoms with E-state index in [4.69, 9.17) is 4.74 Å². The van der Waals surface area contributed by atoms with Crippen LogP contribution in [0.25, 0.3) is 0 Å². The summed E-state index contributed by atoms with van der Waals surface area (Å²) in [6.07, 6.45) is 7.73. The minimum absolute atomic E-state index is 0.317. The molecule has 0 saturated carbocycles. The van der Waals surface area contributed by atoms with Crippen molar-refractivity contribution in [1.29, 1.82) is 0 Å². The quantitative estimate of drug-likeness (QED) is 0.735. The van der Waals surface area contributed by atoms with Crippen LogP contribution in [-0.4, -0.2) is 29.5 Å². The van der Waals surface area contributed by atoms with Crippen LogP contribution in [-0.2, 0) is 11.3 Å². The topological polar surface area (TPSA) is 39.1 Å². The van der Waals surface area contributed by atoms with Gasteiger partial charge in [-0.2, -0.15) is 5.10 Å². The van der Waals surface area contributed by atoms with Gasteiger partial charge in [0.25, 0.3) is 0 Å². The van der Waals surface area contributed by atoms with E-state index in [2.05, 4.69) is 37.4 Å². The van der Waals surface area contributed by atoms with Crippen LogP contribution in [0.2, 0.25) is 0 Å². The molecule has 0 fully saturated rings. The standard InChI is InChI=1S/C14H27N3O/c1-5-9-17-11-13(10-16-17)14(15-6-2)8-7-12(3)18-4/h10-12,14-15H,5-9H2,1-4H3. The Balaban J connectivity index is 2.58. The van der Waals surface area contributed by atoms with E-state index in [0.29, 0.717) is 12.1 Å². The Bertz CT molecular complexity index is 325. The Hall–Kier alpha value is -0.870. The Morgan fingerprint density at radius 3 is 2.78 bits per heavy atom. The van der Waals surface area contributed by atoms with Crippen molar-refractivity contribution in [2.75, 3.05) is 13.7 Å². The molecule has 0 aliphatic rings. The van der Waals surface area contributed by atoms with E-state index >= 15 is 0 Å². The zero-order chi connectivity index (χ0) is 13.4. The lowest BCUT2D eigenvalue weighted by Crippen LogP contribution is -2.22. The Morgan fingerprint density at radius 2 is 2.17 bits per heavy atom. The van der Waals surface area contributed by atoms with Crippen LogP contribution in [0.5, 0.6) is 0 Å². The summed E-state index contributed by atoms with van der Waals surface area (Å²) in [6.45, 7) is 8.40. The summed E-state index contributed by atoms with van der Waals surface area (Å²) in [5, 5.41) is 7.93. The lowest BCUT2D eigenvalue weighted by Gasteiger charge is -2.18. The molecule has 0 spiro atoms. The third kappa shape index (κ3) is 4.78. The normalized spacial score (nSPS) is 14.7. The predicted octanol–water partition coefficient (Wildman–Crippen LogP) is 2.76. The van der Waals surface area contributed by atoms with Crippen molar-refractivity contribution in [2.24, 2.45) is 0 Å². The van der Waals surface area contributed by atoms with E-state index in [-0.39, 0.29) is 0 Å². The largest absolute Gasteiger partial charge is 0.382 e. The minimum atomic E-state index is 0.317. The summed E-state index contributed by atoms with van der Waals surface area (Å²) in [7, 11) is 1.77. The average Bonchev–Trinajstić information content (AvgIpc) is 2.83. The van der Waals surface area contributed by atoms with Crippen molar-refractivity contribution < 1.29 is 4.74 Å². The molecule has 0 amide bonds. The Morgan fingerprint density at radius 1 is 1.39 bits per heavy atom. The number of hydrogen-bond donors (Lipinski definition) is 1. The molecule has 4 heteroatoms. The van der Waals surface area contributed by atoms with Gasteiger partial charge in [-0.1, -0.05) is 13.8 Å². The smallest absolute Gasteiger partial charge is 0.0543 e. The van der Waals surface area contributed by atoms with Crippen molar-refractivity contribution in [2.45, 2.75) is 58.7 Å². The molecule has 0 aromatic carbocycles. The summed E-state index contributed by atoms with van der Waals surface area (Å²) < 4.78 is 7.34.